The van der Waals surface area contributed by atoms with Gasteiger partial charge in [0, 0.05) is 25.4 Å². The van der Waals surface area contributed by atoms with E-state index >= 15 is 0 Å². The van der Waals surface area contributed by atoms with E-state index < -0.39 is 39.0 Å². The predicted molar refractivity (Wildman–Crippen MR) is 127 cm³/mol. The van der Waals surface area contributed by atoms with Crippen LogP contribution in [0.3, 0.4) is 0 Å². The molecule has 0 aliphatic rings. The van der Waals surface area contributed by atoms with Gasteiger partial charge in [-0.3, -0.25) is 9.78 Å². The number of halogens is 6. The summed E-state index contributed by atoms with van der Waals surface area (Å²) in [6.45, 7) is 2.49. The maximum absolute atomic E-state index is 13.6. The van der Waals surface area contributed by atoms with Gasteiger partial charge in [-0.05, 0) is 36.8 Å². The van der Waals surface area contributed by atoms with E-state index in [9.17, 15) is 39.6 Å². The van der Waals surface area contributed by atoms with Crippen LogP contribution in [0.5, 0.6) is 0 Å². The lowest BCUT2D eigenvalue weighted by molar-refractivity contribution is -0.144. The molecule has 0 radical (unpaired) electrons. The quantitative estimate of drug-likeness (QED) is 0.310. The highest BCUT2D eigenvalue weighted by Crippen LogP contribution is 2.35. The summed E-state index contributed by atoms with van der Waals surface area (Å²) in [7, 11) is -2.65. The van der Waals surface area contributed by atoms with E-state index in [4.69, 9.17) is 0 Å². The van der Waals surface area contributed by atoms with E-state index in [0.29, 0.717) is 10.6 Å². The second kappa shape index (κ2) is 9.26. The van der Waals surface area contributed by atoms with Crippen LogP contribution in [0.25, 0.3) is 33.7 Å². The molecule has 3 aromatic heterocycles. The number of alkyl halides is 6. The number of nitrogens with zero attached hydrogens (tertiary/aromatic N) is 4. The molecular weight excluding hydrogens is 538 g/mol. The third-order valence-electron chi connectivity index (χ3n) is 6.07. The monoisotopic (exact) mass is 558 g/mol. The number of rotatable bonds is 5. The third-order valence-corrected chi connectivity index (χ3v) is 7.81. The first-order valence-electron chi connectivity index (χ1n) is 11.2. The van der Waals surface area contributed by atoms with Crippen LogP contribution in [0.1, 0.15) is 25.1 Å². The molecule has 202 valence electrons. The van der Waals surface area contributed by atoms with Crippen LogP contribution in [0.15, 0.2) is 52.3 Å². The molecule has 0 amide bonds. The summed E-state index contributed by atoms with van der Waals surface area (Å²) in [5.41, 5.74) is -3.27. The summed E-state index contributed by atoms with van der Waals surface area (Å²) >= 11 is 0. The molecule has 0 saturated heterocycles. The third kappa shape index (κ3) is 4.68. The second-order valence-corrected chi connectivity index (χ2v) is 10.6. The predicted octanol–water partition coefficient (Wildman–Crippen LogP) is 5.32. The molecule has 0 bridgehead atoms. The maximum Gasteiger partial charge on any atom is 0.431 e. The summed E-state index contributed by atoms with van der Waals surface area (Å²) in [4.78, 5) is 21.0. The molecule has 4 rings (SSSR count). The fourth-order valence-electron chi connectivity index (χ4n) is 4.09. The first kappa shape index (κ1) is 27.4. The number of imidazole rings is 1. The van der Waals surface area contributed by atoms with Gasteiger partial charge in [0.25, 0.3) is 5.56 Å². The van der Waals surface area contributed by atoms with E-state index in [2.05, 4.69) is 9.97 Å². The molecule has 7 nitrogen and oxygen atoms in total. The van der Waals surface area contributed by atoms with Gasteiger partial charge in [0.05, 0.1) is 21.7 Å². The van der Waals surface area contributed by atoms with Crippen molar-refractivity contribution >= 4 is 20.9 Å². The average molecular weight is 559 g/mol. The van der Waals surface area contributed by atoms with Crippen LogP contribution >= 0.6 is 0 Å². The van der Waals surface area contributed by atoms with Gasteiger partial charge >= 0.3 is 12.4 Å². The number of hydrogen-bond acceptors (Lipinski definition) is 5. The van der Waals surface area contributed by atoms with Crippen LogP contribution < -0.4 is 5.56 Å². The van der Waals surface area contributed by atoms with Crippen molar-refractivity contribution in [3.05, 3.63) is 64.2 Å². The Morgan fingerprint density at radius 2 is 1.55 bits per heavy atom. The van der Waals surface area contributed by atoms with Crippen LogP contribution in [0, 0.1) is 0 Å². The Bertz CT molecular complexity index is 1700. The summed E-state index contributed by atoms with van der Waals surface area (Å²) in [5, 5.41) is 0. The van der Waals surface area contributed by atoms with Crippen molar-refractivity contribution in [1.82, 2.24) is 19.1 Å². The fraction of sp³-hybridized carbons (Fsp3) is 0.292. The molecule has 14 heteroatoms. The lowest BCUT2D eigenvalue weighted by Gasteiger charge is -2.14. The van der Waals surface area contributed by atoms with E-state index in [1.54, 1.807) is 0 Å². The van der Waals surface area contributed by atoms with Crippen molar-refractivity contribution in [3.63, 3.8) is 0 Å². The molecule has 0 saturated carbocycles. The molecule has 0 unspecified atom stereocenters. The first-order valence-corrected chi connectivity index (χ1v) is 12.8. The molecule has 4 aromatic rings. The van der Waals surface area contributed by atoms with Gasteiger partial charge in [-0.2, -0.15) is 26.3 Å². The Labute approximate surface area is 212 Å². The Hall–Kier alpha value is -3.68. The Balaban J connectivity index is 1.96. The smallest absolute Gasteiger partial charge is 0.321 e. The van der Waals surface area contributed by atoms with Crippen molar-refractivity contribution in [2.75, 3.05) is 5.75 Å². The molecule has 0 aliphatic heterocycles. The van der Waals surface area contributed by atoms with Crippen molar-refractivity contribution < 1.29 is 34.8 Å². The number of hydrogen-bond donors (Lipinski definition) is 0. The topological polar surface area (TPSA) is 86.8 Å². The zero-order valence-corrected chi connectivity index (χ0v) is 21.0. The molecule has 0 aliphatic carbocycles. The van der Waals surface area contributed by atoms with Crippen LogP contribution in [-0.2, 0) is 35.8 Å². The van der Waals surface area contributed by atoms with Gasteiger partial charge in [-0.15, -0.1) is 0 Å². The largest absolute Gasteiger partial charge is 0.431 e. The van der Waals surface area contributed by atoms with E-state index in [0.717, 1.165) is 12.1 Å². The molecule has 0 spiro atoms. The highest BCUT2D eigenvalue weighted by atomic mass is 32.2. The van der Waals surface area contributed by atoms with Gasteiger partial charge < -0.3 is 9.13 Å². The second-order valence-electron chi connectivity index (χ2n) is 8.35. The fourth-order valence-corrected chi connectivity index (χ4v) is 5.15. The molecule has 0 fully saturated rings. The van der Waals surface area contributed by atoms with E-state index in [-0.39, 0.29) is 50.9 Å². The average Bonchev–Trinajstić information content (AvgIpc) is 3.19. The van der Waals surface area contributed by atoms with E-state index in [1.807, 2.05) is 0 Å². The number of benzene rings is 1. The Kier molecular flexibility index (Phi) is 6.66. The van der Waals surface area contributed by atoms with Gasteiger partial charge in [-0.1, -0.05) is 19.1 Å². The van der Waals surface area contributed by atoms with Gasteiger partial charge in [0.15, 0.2) is 15.7 Å². The van der Waals surface area contributed by atoms with Crippen molar-refractivity contribution in [1.29, 1.82) is 0 Å². The molecule has 0 atom stereocenters. The SMILES string of the molecule is CCn1c(C(F)(F)F)cc2nc(-c3ncc(-c4ccc(C(F)(F)F)cc4)cc3S(=O)(=O)CC)n(C)c2c1=O. The minimum atomic E-state index is -4.83. The number of fused-ring (bicyclic) bond motifs is 1. The molecule has 38 heavy (non-hydrogen) atoms. The number of aryl methyl sites for hydroxylation is 1. The summed E-state index contributed by atoms with van der Waals surface area (Å²) < 4.78 is 107. The first-order chi connectivity index (χ1) is 17.6. The van der Waals surface area contributed by atoms with Crippen molar-refractivity contribution in [3.8, 4) is 22.6 Å². The Morgan fingerprint density at radius 1 is 0.921 bits per heavy atom. The van der Waals surface area contributed by atoms with Gasteiger partial charge in [0.2, 0.25) is 0 Å². The van der Waals surface area contributed by atoms with Crippen molar-refractivity contribution in [2.45, 2.75) is 37.6 Å². The minimum absolute atomic E-state index is 0.162. The van der Waals surface area contributed by atoms with Crippen LogP contribution in [-0.4, -0.2) is 33.3 Å². The number of pyridine rings is 2. The van der Waals surface area contributed by atoms with Gasteiger partial charge in [-0.25, -0.2) is 13.4 Å². The van der Waals surface area contributed by atoms with Crippen molar-refractivity contribution in [2.24, 2.45) is 7.05 Å². The zero-order chi connectivity index (χ0) is 28.2. The molecule has 1 aromatic carbocycles. The molecule has 0 N–H and O–H groups in total. The normalized spacial score (nSPS) is 12.9. The van der Waals surface area contributed by atoms with Gasteiger partial charge in [0.1, 0.15) is 16.9 Å². The lowest BCUT2D eigenvalue weighted by Crippen LogP contribution is -2.28. The highest BCUT2D eigenvalue weighted by Gasteiger charge is 2.36. The zero-order valence-electron chi connectivity index (χ0n) is 20.1. The van der Waals surface area contributed by atoms with Crippen LogP contribution in [0.4, 0.5) is 26.3 Å². The van der Waals surface area contributed by atoms with Crippen LogP contribution in [0.2, 0.25) is 0 Å². The van der Waals surface area contributed by atoms with E-state index in [1.165, 1.54) is 49.9 Å². The maximum atomic E-state index is 13.6. The minimum Gasteiger partial charge on any atom is -0.321 e. The summed E-state index contributed by atoms with van der Waals surface area (Å²) in [6, 6.07) is 5.97. The molecule has 3 heterocycles. The number of aromatic nitrogens is 4. The number of sulfone groups is 1. The highest BCUT2D eigenvalue weighted by molar-refractivity contribution is 7.91. The summed E-state index contributed by atoms with van der Waals surface area (Å²) in [5.74, 6) is -0.534. The molecular formula is C24H20F6N4O3S. The Morgan fingerprint density at radius 3 is 2.08 bits per heavy atom. The summed E-state index contributed by atoms with van der Waals surface area (Å²) in [6.07, 6.45) is -8.17. The lowest BCUT2D eigenvalue weighted by atomic mass is 10.0. The standard InChI is InChI=1S/C24H20F6N4O3S/c1-4-34-18(24(28,29)30)11-16-20(22(34)35)33(3)21(32-16)19-17(38(36,37)5-2)10-14(12-31-19)13-6-8-15(9-7-13)23(25,26)27/h6-12H,4-5H2,1-3H3.